The molecule has 0 fully saturated rings. The van der Waals surface area contributed by atoms with Gasteiger partial charge in [0.1, 0.15) is 23.9 Å². The number of benzene rings is 3. The minimum Gasteiger partial charge on any atom is -0.506 e. The molecule has 0 amide bonds. The van der Waals surface area contributed by atoms with E-state index in [2.05, 4.69) is 20.7 Å². The number of esters is 1. The van der Waals surface area contributed by atoms with Gasteiger partial charge in [0.25, 0.3) is 0 Å². The van der Waals surface area contributed by atoms with Crippen LogP contribution in [0, 0.1) is 17.1 Å². The number of ether oxygens (including phenoxy) is 2. The van der Waals surface area contributed by atoms with Crippen LogP contribution in [0.1, 0.15) is 21.5 Å². The minimum atomic E-state index is -0.609. The van der Waals surface area contributed by atoms with Gasteiger partial charge in [0.15, 0.2) is 0 Å². The maximum absolute atomic E-state index is 15.0. The first-order valence-corrected chi connectivity index (χ1v) is 10.6. The predicted molar refractivity (Wildman–Crippen MR) is 118 cm³/mol. The van der Waals surface area contributed by atoms with E-state index in [0.717, 1.165) is 11.9 Å². The second-order valence-corrected chi connectivity index (χ2v) is 8.30. The van der Waals surface area contributed by atoms with Gasteiger partial charge in [-0.2, -0.15) is 5.26 Å². The number of carbonyl (C=O) groups is 1. The molecule has 0 aromatic heterocycles. The summed E-state index contributed by atoms with van der Waals surface area (Å²) in [5.74, 6) is -0.978. The first kappa shape index (κ1) is 21.0. The van der Waals surface area contributed by atoms with Crippen molar-refractivity contribution in [2.45, 2.75) is 11.5 Å². The second-order valence-electron chi connectivity index (χ2n) is 6.60. The van der Waals surface area contributed by atoms with Crippen LogP contribution in [0.15, 0.2) is 51.8 Å². The minimum absolute atomic E-state index is 0.0628. The number of nitrogens with one attached hydrogen (secondary N) is 1. The van der Waals surface area contributed by atoms with E-state index in [0.29, 0.717) is 31.7 Å². The molecule has 1 aliphatic rings. The highest BCUT2D eigenvalue weighted by Crippen LogP contribution is 2.41. The summed E-state index contributed by atoms with van der Waals surface area (Å²) in [6.07, 6.45) is 0. The highest BCUT2D eigenvalue weighted by atomic mass is 79.9. The van der Waals surface area contributed by atoms with E-state index in [1.807, 2.05) is 6.07 Å². The zero-order valence-corrected chi connectivity index (χ0v) is 18.4. The van der Waals surface area contributed by atoms with Gasteiger partial charge >= 0.3 is 5.97 Å². The van der Waals surface area contributed by atoms with Crippen LogP contribution in [0.25, 0.3) is 11.1 Å². The van der Waals surface area contributed by atoms with Crippen molar-refractivity contribution in [1.82, 2.24) is 0 Å². The summed E-state index contributed by atoms with van der Waals surface area (Å²) in [4.78, 5) is 13.0. The molecule has 31 heavy (non-hydrogen) atoms. The average Bonchev–Trinajstić information content (AvgIpc) is 2.78. The smallest absolute Gasteiger partial charge is 0.338 e. The van der Waals surface area contributed by atoms with Gasteiger partial charge in [-0.05, 0) is 69.3 Å². The summed E-state index contributed by atoms with van der Waals surface area (Å²) >= 11 is 4.27. The Labute approximate surface area is 189 Å². The Morgan fingerprint density at radius 2 is 2.06 bits per heavy atom. The van der Waals surface area contributed by atoms with Crippen molar-refractivity contribution >= 4 is 39.5 Å². The number of nitriles is 1. The van der Waals surface area contributed by atoms with E-state index in [4.69, 9.17) is 9.47 Å². The summed E-state index contributed by atoms with van der Waals surface area (Å²) in [5, 5.41) is 19.7. The third kappa shape index (κ3) is 4.04. The van der Waals surface area contributed by atoms with Crippen LogP contribution in [0.5, 0.6) is 11.5 Å². The van der Waals surface area contributed by atoms with Crippen molar-refractivity contribution in [3.8, 4) is 28.7 Å². The lowest BCUT2D eigenvalue weighted by atomic mass is 9.96. The zero-order chi connectivity index (χ0) is 22.1. The van der Waals surface area contributed by atoms with Crippen molar-refractivity contribution in [2.24, 2.45) is 0 Å². The maximum atomic E-state index is 15.0. The Bertz CT molecular complexity index is 1260. The lowest BCUT2D eigenvalue weighted by molar-refractivity contribution is 0.0473. The van der Waals surface area contributed by atoms with Gasteiger partial charge in [-0.25, -0.2) is 9.18 Å². The van der Waals surface area contributed by atoms with Crippen LogP contribution < -0.4 is 9.46 Å². The molecule has 156 valence electrons. The summed E-state index contributed by atoms with van der Waals surface area (Å²) in [7, 11) is 1.42. The second kappa shape index (κ2) is 8.49. The fourth-order valence-corrected chi connectivity index (χ4v) is 4.50. The molecule has 0 spiro atoms. The van der Waals surface area contributed by atoms with Crippen molar-refractivity contribution in [2.75, 3.05) is 11.8 Å². The highest BCUT2D eigenvalue weighted by molar-refractivity contribution is 9.10. The molecule has 2 N–H and O–H groups in total. The Morgan fingerprint density at radius 1 is 1.26 bits per heavy atom. The lowest BCUT2D eigenvalue weighted by Gasteiger charge is -2.15. The summed E-state index contributed by atoms with van der Waals surface area (Å²) in [5.41, 5.74) is 2.19. The summed E-state index contributed by atoms with van der Waals surface area (Å²) < 4.78 is 29.1. The zero-order valence-electron chi connectivity index (χ0n) is 16.0. The number of cyclic esters (lactones) is 1. The molecule has 9 heteroatoms. The highest BCUT2D eigenvalue weighted by Gasteiger charge is 2.20. The van der Waals surface area contributed by atoms with Crippen LogP contribution in [0.3, 0.4) is 0 Å². The molecule has 0 atom stereocenters. The average molecular weight is 501 g/mol. The Kier molecular flexibility index (Phi) is 5.76. The molecular formula is C22H14BrFN2O4S. The molecule has 1 aliphatic heterocycles. The number of phenolic OH excluding ortho intramolecular Hbond substituents is 1. The Balaban J connectivity index is 1.94. The molecule has 1 heterocycles. The number of hydrogen-bond acceptors (Lipinski definition) is 7. The third-order valence-electron chi connectivity index (χ3n) is 4.71. The molecule has 3 aromatic carbocycles. The number of anilines is 1. The van der Waals surface area contributed by atoms with Gasteiger partial charge in [0.05, 0.1) is 39.4 Å². The number of phenols is 1. The first-order chi connectivity index (χ1) is 14.9. The predicted octanol–water partition coefficient (Wildman–Crippen LogP) is 5.63. The van der Waals surface area contributed by atoms with Gasteiger partial charge in [-0.1, -0.05) is 6.07 Å². The number of aromatic hydroxyl groups is 1. The van der Waals surface area contributed by atoms with Crippen molar-refractivity contribution in [3.05, 3.63) is 69.4 Å². The molecule has 6 nitrogen and oxygen atoms in total. The molecule has 3 aromatic rings. The van der Waals surface area contributed by atoms with Crippen LogP contribution in [-0.2, 0) is 11.3 Å². The van der Waals surface area contributed by atoms with Crippen LogP contribution in [0.2, 0.25) is 0 Å². The number of rotatable bonds is 1. The van der Waals surface area contributed by atoms with E-state index in [9.17, 15) is 15.2 Å². The van der Waals surface area contributed by atoms with Gasteiger partial charge < -0.3 is 19.3 Å². The topological polar surface area (TPSA) is 91.6 Å². The van der Waals surface area contributed by atoms with Crippen LogP contribution >= 0.6 is 27.9 Å². The van der Waals surface area contributed by atoms with Gasteiger partial charge in [0.2, 0.25) is 0 Å². The quantitative estimate of drug-likeness (QED) is 0.330. The van der Waals surface area contributed by atoms with Crippen molar-refractivity contribution in [1.29, 1.82) is 5.26 Å². The fraction of sp³-hybridized carbons (Fsp3) is 0.0909. The maximum Gasteiger partial charge on any atom is 0.338 e. The van der Waals surface area contributed by atoms with E-state index < -0.39 is 11.8 Å². The fourth-order valence-electron chi connectivity index (χ4n) is 3.14. The number of halogens is 2. The van der Waals surface area contributed by atoms with E-state index in [1.54, 1.807) is 24.3 Å². The molecular weight excluding hydrogens is 487 g/mol. The molecule has 0 aliphatic carbocycles. The standard InChI is InChI=1S/C22H14BrFN2O4S/c1-29-19-8-17(24)15-7-18(19)26-31-20-6-13(5-16(23)21(20)27)22(28)30-10-12-3-2-11(9-25)4-14(12)15/h2-8,26-27H,10H2,1H3. The Morgan fingerprint density at radius 3 is 2.81 bits per heavy atom. The SMILES string of the molecule is COc1cc(F)c2cc1NSc1cc(cc(Br)c1O)C(=O)OCc1ccc(C#N)cc1-2. The van der Waals surface area contributed by atoms with E-state index in [-0.39, 0.29) is 29.2 Å². The van der Waals surface area contributed by atoms with Crippen molar-refractivity contribution in [3.63, 3.8) is 0 Å². The van der Waals surface area contributed by atoms with E-state index in [1.165, 1.54) is 25.3 Å². The molecule has 0 saturated heterocycles. The number of fused-ring (bicyclic) bond motifs is 6. The lowest BCUT2D eigenvalue weighted by Crippen LogP contribution is -2.06. The van der Waals surface area contributed by atoms with E-state index >= 15 is 4.39 Å². The summed E-state index contributed by atoms with van der Waals surface area (Å²) in [6.45, 7) is -0.130. The molecule has 0 radical (unpaired) electrons. The molecule has 4 rings (SSSR count). The van der Waals surface area contributed by atoms with Gasteiger partial charge in [-0.3, -0.25) is 0 Å². The number of nitrogens with zero attached hydrogens (tertiary/aromatic N) is 1. The number of methoxy groups -OCH3 is 1. The van der Waals surface area contributed by atoms with Crippen molar-refractivity contribution < 1.29 is 23.8 Å². The van der Waals surface area contributed by atoms with Crippen LogP contribution in [-0.4, -0.2) is 18.2 Å². The molecule has 0 saturated carbocycles. The number of carbonyl (C=O) groups excluding carboxylic acids is 1. The van der Waals surface area contributed by atoms with Gasteiger partial charge in [-0.15, -0.1) is 0 Å². The Hall–Kier alpha value is -3.22. The molecule has 4 bridgehead atoms. The number of hydrogen-bond donors (Lipinski definition) is 2. The third-order valence-corrected chi connectivity index (χ3v) is 6.17. The summed E-state index contributed by atoms with van der Waals surface area (Å²) in [6, 6.07) is 12.5. The van der Waals surface area contributed by atoms with Gasteiger partial charge in [0, 0.05) is 11.6 Å². The normalized spacial score (nSPS) is 12.8. The van der Waals surface area contributed by atoms with Crippen LogP contribution in [0.4, 0.5) is 10.1 Å². The largest absolute Gasteiger partial charge is 0.506 e. The first-order valence-electron chi connectivity index (χ1n) is 8.94. The molecule has 0 unspecified atom stereocenters. The monoisotopic (exact) mass is 500 g/mol.